The first kappa shape index (κ1) is 16.1. The van der Waals surface area contributed by atoms with Crippen molar-refractivity contribution in [1.29, 1.82) is 0 Å². The van der Waals surface area contributed by atoms with Gasteiger partial charge in [0.1, 0.15) is 0 Å². The van der Waals surface area contributed by atoms with E-state index in [4.69, 9.17) is 18.9 Å². The maximum absolute atomic E-state index is 5.92. The highest BCUT2D eigenvalue weighted by Crippen LogP contribution is 2.29. The monoisotopic (exact) mass is 295 g/mol. The topological polar surface area (TPSA) is 49.0 Å². The molecule has 0 aromatic heterocycles. The Hall–Kier alpha value is -1.30. The average Bonchev–Trinajstić information content (AvgIpc) is 3.03. The molecule has 1 aliphatic rings. The van der Waals surface area contributed by atoms with Crippen LogP contribution in [0.4, 0.5) is 0 Å². The molecule has 1 atom stereocenters. The molecule has 1 aromatic carbocycles. The van der Waals surface area contributed by atoms with Crippen LogP contribution in [0.15, 0.2) is 18.2 Å². The SMILES string of the molecule is COCCNCc1ccc(OC)c(OCC2CCOC2)c1. The maximum Gasteiger partial charge on any atom is 0.161 e. The highest BCUT2D eigenvalue weighted by atomic mass is 16.5. The Bertz CT molecular complexity index is 419. The maximum atomic E-state index is 5.92. The fourth-order valence-electron chi connectivity index (χ4n) is 2.27. The second-order valence-electron chi connectivity index (χ2n) is 5.20. The van der Waals surface area contributed by atoms with Crippen LogP contribution in [0.1, 0.15) is 12.0 Å². The van der Waals surface area contributed by atoms with Crippen molar-refractivity contribution in [2.75, 3.05) is 47.2 Å². The van der Waals surface area contributed by atoms with Crippen molar-refractivity contribution in [2.45, 2.75) is 13.0 Å². The Balaban J connectivity index is 1.89. The van der Waals surface area contributed by atoms with E-state index in [0.717, 1.165) is 44.2 Å². The van der Waals surface area contributed by atoms with Gasteiger partial charge in [0.15, 0.2) is 11.5 Å². The van der Waals surface area contributed by atoms with Crippen molar-refractivity contribution in [3.05, 3.63) is 23.8 Å². The Morgan fingerprint density at radius 2 is 2.19 bits per heavy atom. The van der Waals surface area contributed by atoms with Gasteiger partial charge in [-0.2, -0.15) is 0 Å². The molecule has 0 spiro atoms. The summed E-state index contributed by atoms with van der Waals surface area (Å²) in [6.07, 6.45) is 1.07. The summed E-state index contributed by atoms with van der Waals surface area (Å²) in [5.41, 5.74) is 1.17. The third kappa shape index (κ3) is 5.19. The summed E-state index contributed by atoms with van der Waals surface area (Å²) >= 11 is 0. The molecule has 1 aromatic rings. The molecule has 1 saturated heterocycles. The van der Waals surface area contributed by atoms with Gasteiger partial charge < -0.3 is 24.3 Å². The zero-order valence-corrected chi connectivity index (χ0v) is 12.9. The van der Waals surface area contributed by atoms with Crippen molar-refractivity contribution < 1.29 is 18.9 Å². The highest BCUT2D eigenvalue weighted by molar-refractivity contribution is 5.43. The second kappa shape index (κ2) is 8.87. The van der Waals surface area contributed by atoms with Crippen LogP contribution < -0.4 is 14.8 Å². The molecule has 1 unspecified atom stereocenters. The van der Waals surface area contributed by atoms with Crippen LogP contribution in [0.5, 0.6) is 11.5 Å². The van der Waals surface area contributed by atoms with Crippen LogP contribution in [0.2, 0.25) is 0 Å². The van der Waals surface area contributed by atoms with E-state index in [1.54, 1.807) is 14.2 Å². The first-order valence-electron chi connectivity index (χ1n) is 7.40. The summed E-state index contributed by atoms with van der Waals surface area (Å²) in [4.78, 5) is 0. The summed E-state index contributed by atoms with van der Waals surface area (Å²) in [6.45, 7) is 4.64. The Kier molecular flexibility index (Phi) is 6.79. The molecular formula is C16H25NO4. The third-order valence-corrected chi connectivity index (χ3v) is 3.54. The number of rotatable bonds is 9. The lowest BCUT2D eigenvalue weighted by atomic mass is 10.1. The number of methoxy groups -OCH3 is 2. The molecule has 118 valence electrons. The molecule has 0 radical (unpaired) electrons. The van der Waals surface area contributed by atoms with Gasteiger partial charge in [-0.1, -0.05) is 6.07 Å². The normalized spacial score (nSPS) is 17.9. The van der Waals surface area contributed by atoms with Gasteiger partial charge in [0.2, 0.25) is 0 Å². The van der Waals surface area contributed by atoms with Gasteiger partial charge in [0.05, 0.1) is 26.9 Å². The Morgan fingerprint density at radius 1 is 1.29 bits per heavy atom. The molecule has 2 rings (SSSR count). The molecule has 1 heterocycles. The minimum Gasteiger partial charge on any atom is -0.493 e. The summed E-state index contributed by atoms with van der Waals surface area (Å²) in [7, 11) is 3.37. The summed E-state index contributed by atoms with van der Waals surface area (Å²) < 4.78 is 21.7. The van der Waals surface area contributed by atoms with E-state index in [1.165, 1.54) is 5.56 Å². The fourth-order valence-corrected chi connectivity index (χ4v) is 2.27. The van der Waals surface area contributed by atoms with Gasteiger partial charge >= 0.3 is 0 Å². The van der Waals surface area contributed by atoms with E-state index in [2.05, 4.69) is 5.32 Å². The van der Waals surface area contributed by atoms with Crippen molar-refractivity contribution in [2.24, 2.45) is 5.92 Å². The van der Waals surface area contributed by atoms with Gasteiger partial charge in [-0.25, -0.2) is 0 Å². The number of hydrogen-bond donors (Lipinski definition) is 1. The van der Waals surface area contributed by atoms with Gasteiger partial charge in [-0.05, 0) is 24.1 Å². The van der Waals surface area contributed by atoms with Gasteiger partial charge in [0, 0.05) is 32.7 Å². The van der Waals surface area contributed by atoms with E-state index in [9.17, 15) is 0 Å². The van der Waals surface area contributed by atoms with E-state index < -0.39 is 0 Å². The van der Waals surface area contributed by atoms with E-state index in [1.807, 2.05) is 18.2 Å². The molecule has 21 heavy (non-hydrogen) atoms. The standard InChI is InChI=1S/C16H25NO4/c1-18-8-6-17-10-13-3-4-15(19-2)16(9-13)21-12-14-5-7-20-11-14/h3-4,9,14,17H,5-8,10-12H2,1-2H3. The van der Waals surface area contributed by atoms with Crippen LogP contribution in [-0.2, 0) is 16.0 Å². The molecule has 0 amide bonds. The minimum absolute atomic E-state index is 0.484. The highest BCUT2D eigenvalue weighted by Gasteiger charge is 2.17. The lowest BCUT2D eigenvalue weighted by Crippen LogP contribution is -2.18. The Morgan fingerprint density at radius 3 is 2.90 bits per heavy atom. The first-order chi connectivity index (χ1) is 10.3. The van der Waals surface area contributed by atoms with E-state index in [0.29, 0.717) is 19.1 Å². The summed E-state index contributed by atoms with van der Waals surface area (Å²) in [5, 5.41) is 3.32. The second-order valence-corrected chi connectivity index (χ2v) is 5.20. The molecule has 1 fully saturated rings. The van der Waals surface area contributed by atoms with Crippen LogP contribution in [0, 0.1) is 5.92 Å². The molecule has 1 N–H and O–H groups in total. The number of nitrogens with one attached hydrogen (secondary N) is 1. The summed E-state index contributed by atoms with van der Waals surface area (Å²) in [6, 6.07) is 6.03. The molecule has 5 heteroatoms. The minimum atomic E-state index is 0.484. The van der Waals surface area contributed by atoms with Crippen molar-refractivity contribution in [3.8, 4) is 11.5 Å². The van der Waals surface area contributed by atoms with Crippen molar-refractivity contribution >= 4 is 0 Å². The number of benzene rings is 1. The fraction of sp³-hybridized carbons (Fsp3) is 0.625. The van der Waals surface area contributed by atoms with E-state index in [-0.39, 0.29) is 0 Å². The molecule has 1 aliphatic heterocycles. The predicted molar refractivity (Wildman–Crippen MR) is 81.0 cm³/mol. The van der Waals surface area contributed by atoms with Crippen LogP contribution >= 0.6 is 0 Å². The molecule has 0 aliphatic carbocycles. The number of hydrogen-bond acceptors (Lipinski definition) is 5. The number of ether oxygens (including phenoxy) is 4. The van der Waals surface area contributed by atoms with E-state index >= 15 is 0 Å². The van der Waals surface area contributed by atoms with Crippen molar-refractivity contribution in [3.63, 3.8) is 0 Å². The Labute approximate surface area is 126 Å². The molecule has 0 saturated carbocycles. The van der Waals surface area contributed by atoms with Crippen LogP contribution in [-0.4, -0.2) is 47.2 Å². The zero-order chi connectivity index (χ0) is 14.9. The van der Waals surface area contributed by atoms with Gasteiger partial charge in [-0.15, -0.1) is 0 Å². The van der Waals surface area contributed by atoms with Crippen LogP contribution in [0.3, 0.4) is 0 Å². The summed E-state index contributed by atoms with van der Waals surface area (Å²) in [5.74, 6) is 2.06. The van der Waals surface area contributed by atoms with Crippen LogP contribution in [0.25, 0.3) is 0 Å². The smallest absolute Gasteiger partial charge is 0.161 e. The first-order valence-corrected chi connectivity index (χ1v) is 7.40. The van der Waals surface area contributed by atoms with Crippen molar-refractivity contribution in [1.82, 2.24) is 5.32 Å². The third-order valence-electron chi connectivity index (χ3n) is 3.54. The lowest BCUT2D eigenvalue weighted by Gasteiger charge is -2.15. The average molecular weight is 295 g/mol. The zero-order valence-electron chi connectivity index (χ0n) is 12.9. The predicted octanol–water partition coefficient (Wildman–Crippen LogP) is 1.85. The van der Waals surface area contributed by atoms with Gasteiger partial charge in [-0.3, -0.25) is 0 Å². The quantitative estimate of drug-likeness (QED) is 0.705. The molecule has 0 bridgehead atoms. The molecular weight excluding hydrogens is 270 g/mol. The molecule has 5 nitrogen and oxygen atoms in total. The lowest BCUT2D eigenvalue weighted by molar-refractivity contribution is 0.165. The largest absolute Gasteiger partial charge is 0.493 e. The van der Waals surface area contributed by atoms with Gasteiger partial charge in [0.25, 0.3) is 0 Å².